The molecule has 1 aromatic rings. The van der Waals surface area contributed by atoms with Crippen molar-refractivity contribution in [3.8, 4) is 0 Å². The van der Waals surface area contributed by atoms with Gasteiger partial charge in [0.05, 0.1) is 11.7 Å². The Kier molecular flexibility index (Phi) is 6.87. The number of aliphatic imine (C=N–C) groups is 1. The summed E-state index contributed by atoms with van der Waals surface area (Å²) >= 11 is 5.75. The van der Waals surface area contributed by atoms with E-state index in [1.807, 2.05) is 0 Å². The molecule has 1 aliphatic rings. The van der Waals surface area contributed by atoms with Crippen LogP contribution in [-0.2, 0) is 4.79 Å². The quantitative estimate of drug-likeness (QED) is 0.407. The lowest BCUT2D eigenvalue weighted by Gasteiger charge is -2.32. The Balaban J connectivity index is 2.45. The first-order valence-electron chi connectivity index (χ1n) is 8.47. The van der Waals surface area contributed by atoms with Crippen molar-refractivity contribution in [2.75, 3.05) is 7.05 Å². The summed E-state index contributed by atoms with van der Waals surface area (Å²) in [5.41, 5.74) is 3.44. The maximum atomic E-state index is 14.3. The minimum Gasteiger partial charge on any atom is -0.397 e. The van der Waals surface area contributed by atoms with Crippen LogP contribution in [0.25, 0.3) is 5.57 Å². The molecule has 1 aliphatic carbocycles. The zero-order valence-electron chi connectivity index (χ0n) is 15.4. The minimum absolute atomic E-state index is 0.118. The van der Waals surface area contributed by atoms with Crippen LogP contribution in [0.15, 0.2) is 41.0 Å². The molecule has 4 nitrogen and oxygen atoms in total. The average molecular weight is 418 g/mol. The zero-order chi connectivity index (χ0) is 21.2. The predicted molar refractivity (Wildman–Crippen MR) is 101 cm³/mol. The van der Waals surface area contributed by atoms with E-state index in [-0.39, 0.29) is 22.2 Å². The Labute approximate surface area is 165 Å². The van der Waals surface area contributed by atoms with E-state index in [2.05, 4.69) is 11.6 Å². The molecular weight excluding hydrogens is 398 g/mol. The number of nitrogens with two attached hydrogens (primary N) is 1. The molecule has 1 saturated carbocycles. The van der Waals surface area contributed by atoms with Crippen LogP contribution < -0.4 is 5.73 Å². The third-order valence-electron chi connectivity index (χ3n) is 4.51. The molecule has 1 atom stereocenters. The number of rotatable bonds is 7. The molecular formula is C19H20ClF4N3O. The van der Waals surface area contributed by atoms with Crippen LogP contribution in [0.3, 0.4) is 0 Å². The summed E-state index contributed by atoms with van der Waals surface area (Å²) in [5.74, 6) is -3.06. The van der Waals surface area contributed by atoms with Crippen molar-refractivity contribution in [2.24, 2.45) is 10.7 Å². The highest BCUT2D eigenvalue weighted by molar-refractivity contribution is 6.30. The summed E-state index contributed by atoms with van der Waals surface area (Å²) in [6.45, 7) is 5.40. The van der Waals surface area contributed by atoms with Crippen LogP contribution in [0.5, 0.6) is 0 Å². The number of carbonyl (C=O) groups is 1. The van der Waals surface area contributed by atoms with Gasteiger partial charge >= 0.3 is 0 Å². The van der Waals surface area contributed by atoms with E-state index in [0.29, 0.717) is 12.8 Å². The highest BCUT2D eigenvalue weighted by Gasteiger charge is 2.40. The van der Waals surface area contributed by atoms with Crippen molar-refractivity contribution in [3.05, 3.63) is 52.5 Å². The number of alkyl halides is 2. The Morgan fingerprint density at radius 1 is 1.39 bits per heavy atom. The lowest BCUT2D eigenvalue weighted by atomic mass is 9.98. The van der Waals surface area contributed by atoms with Gasteiger partial charge in [0.2, 0.25) is 5.97 Å². The molecule has 0 radical (unpaired) electrons. The van der Waals surface area contributed by atoms with E-state index in [4.69, 9.17) is 17.3 Å². The number of hydrogen-bond acceptors (Lipinski definition) is 3. The van der Waals surface area contributed by atoms with Gasteiger partial charge in [0, 0.05) is 23.7 Å². The largest absolute Gasteiger partial charge is 0.397 e. The average Bonchev–Trinajstić information content (AvgIpc) is 3.46. The normalized spacial score (nSPS) is 16.6. The molecule has 1 unspecified atom stereocenters. The standard InChI is InChI=1S/C19H20ClF4N3O/c1-9(13-7-4-11(20)8-14(13)21)10(2)27(12-5-6-12)19(28)15(18(24)26-3)16(25)17(22)23/h4,7-8,10,12,17H,1,5-6,25H2,2-3H3. The third-order valence-corrected chi connectivity index (χ3v) is 4.75. The highest BCUT2D eigenvalue weighted by Crippen LogP contribution is 2.35. The van der Waals surface area contributed by atoms with Crippen LogP contribution in [0.2, 0.25) is 5.02 Å². The second kappa shape index (κ2) is 8.77. The molecule has 0 aliphatic heterocycles. The first-order chi connectivity index (χ1) is 13.1. The first-order valence-corrected chi connectivity index (χ1v) is 8.85. The zero-order valence-corrected chi connectivity index (χ0v) is 16.1. The van der Waals surface area contributed by atoms with Crippen LogP contribution in [0.1, 0.15) is 25.3 Å². The molecule has 1 aromatic carbocycles. The van der Waals surface area contributed by atoms with Crippen molar-refractivity contribution in [1.29, 1.82) is 0 Å². The van der Waals surface area contributed by atoms with E-state index in [0.717, 1.165) is 13.1 Å². The molecule has 0 bridgehead atoms. The monoisotopic (exact) mass is 417 g/mol. The molecule has 9 heteroatoms. The Morgan fingerprint density at radius 2 is 2.00 bits per heavy atom. The minimum atomic E-state index is -3.24. The number of halogens is 5. The van der Waals surface area contributed by atoms with Gasteiger partial charge in [0.1, 0.15) is 11.4 Å². The third kappa shape index (κ3) is 4.55. The van der Waals surface area contributed by atoms with Crippen LogP contribution >= 0.6 is 11.6 Å². The molecule has 0 saturated heterocycles. The lowest BCUT2D eigenvalue weighted by molar-refractivity contribution is -0.128. The summed E-state index contributed by atoms with van der Waals surface area (Å²) < 4.78 is 54.5. The number of hydrogen-bond donors (Lipinski definition) is 1. The van der Waals surface area contributed by atoms with Gasteiger partial charge in [-0.3, -0.25) is 9.79 Å². The topological polar surface area (TPSA) is 58.7 Å². The molecule has 2 rings (SSSR count). The van der Waals surface area contributed by atoms with Gasteiger partial charge in [0.15, 0.2) is 0 Å². The fraction of sp³-hybridized carbons (Fsp3) is 0.368. The van der Waals surface area contributed by atoms with Gasteiger partial charge in [-0.15, -0.1) is 0 Å². The second-order valence-corrected chi connectivity index (χ2v) is 6.85. The molecule has 1 amide bonds. The van der Waals surface area contributed by atoms with Crippen molar-refractivity contribution >= 4 is 29.0 Å². The fourth-order valence-electron chi connectivity index (χ4n) is 2.83. The first kappa shape index (κ1) is 21.9. The van der Waals surface area contributed by atoms with Crippen LogP contribution in [0.4, 0.5) is 17.6 Å². The number of amides is 1. The number of allylic oxidation sites excluding steroid dienone is 1. The predicted octanol–water partition coefficient (Wildman–Crippen LogP) is 4.35. The van der Waals surface area contributed by atoms with Crippen molar-refractivity contribution in [3.63, 3.8) is 0 Å². The smallest absolute Gasteiger partial charge is 0.278 e. The molecule has 152 valence electrons. The Bertz CT molecular complexity index is 850. The molecule has 0 heterocycles. The number of benzene rings is 1. The van der Waals surface area contributed by atoms with E-state index in [9.17, 15) is 22.4 Å². The maximum absolute atomic E-state index is 14.3. The van der Waals surface area contributed by atoms with E-state index in [1.54, 1.807) is 6.92 Å². The molecule has 0 aromatic heterocycles. The van der Waals surface area contributed by atoms with Gasteiger partial charge in [-0.05, 0) is 37.5 Å². The van der Waals surface area contributed by atoms with Gasteiger partial charge in [-0.2, -0.15) is 4.39 Å². The maximum Gasteiger partial charge on any atom is 0.278 e. The van der Waals surface area contributed by atoms with Crippen LogP contribution in [0, 0.1) is 5.82 Å². The summed E-state index contributed by atoms with van der Waals surface area (Å²) in [5, 5.41) is 0.188. The summed E-state index contributed by atoms with van der Waals surface area (Å²) in [6, 6.07) is 2.84. The van der Waals surface area contributed by atoms with E-state index >= 15 is 0 Å². The summed E-state index contributed by atoms with van der Waals surface area (Å²) in [4.78, 5) is 17.4. The Hall–Kier alpha value is -2.35. The summed E-state index contributed by atoms with van der Waals surface area (Å²) in [6.07, 6.45) is -2.04. The van der Waals surface area contributed by atoms with Crippen molar-refractivity contribution in [1.82, 2.24) is 4.90 Å². The molecule has 28 heavy (non-hydrogen) atoms. The second-order valence-electron chi connectivity index (χ2n) is 6.41. The summed E-state index contributed by atoms with van der Waals surface area (Å²) in [7, 11) is 1.02. The van der Waals surface area contributed by atoms with Crippen molar-refractivity contribution in [2.45, 2.75) is 38.3 Å². The highest BCUT2D eigenvalue weighted by atomic mass is 35.5. The molecule has 2 N–H and O–H groups in total. The fourth-order valence-corrected chi connectivity index (χ4v) is 2.99. The Morgan fingerprint density at radius 3 is 2.46 bits per heavy atom. The molecule has 1 fully saturated rings. The van der Waals surface area contributed by atoms with E-state index in [1.165, 1.54) is 17.0 Å². The molecule has 0 spiro atoms. The van der Waals surface area contributed by atoms with Crippen LogP contribution in [-0.4, -0.2) is 42.3 Å². The number of nitrogens with zero attached hydrogens (tertiary/aromatic N) is 2. The van der Waals surface area contributed by atoms with Gasteiger partial charge in [-0.25, -0.2) is 13.2 Å². The van der Waals surface area contributed by atoms with Gasteiger partial charge < -0.3 is 10.6 Å². The van der Waals surface area contributed by atoms with Gasteiger partial charge in [0.25, 0.3) is 12.3 Å². The van der Waals surface area contributed by atoms with Crippen molar-refractivity contribution < 1.29 is 22.4 Å². The number of carbonyl (C=O) groups excluding carboxylic acids is 1. The van der Waals surface area contributed by atoms with Gasteiger partial charge in [-0.1, -0.05) is 24.2 Å². The lowest BCUT2D eigenvalue weighted by Crippen LogP contribution is -2.43. The SMILES string of the molecule is C=C(c1ccc(Cl)cc1F)C(C)N(C(=O)C(C(F)=NC)=C(N)C(F)F)C1CC1. The van der Waals surface area contributed by atoms with E-state index < -0.39 is 41.4 Å².